The normalized spacial score (nSPS) is 22.4. The molecule has 2 heteroatoms. The third-order valence-corrected chi connectivity index (χ3v) is 2.58. The standard InChI is InChI=1S/C9H20N2/c1-9(5-6-10-2)11-7-3-4-8-11/h9-10H,3-8H2,1-2H3. The smallest absolute Gasteiger partial charge is 0.00790 e. The summed E-state index contributed by atoms with van der Waals surface area (Å²) in [6.07, 6.45) is 4.10. The van der Waals surface area contributed by atoms with Crippen molar-refractivity contribution in [3.63, 3.8) is 0 Å². The molecule has 0 aliphatic carbocycles. The van der Waals surface area contributed by atoms with Crippen LogP contribution in [0, 0.1) is 0 Å². The van der Waals surface area contributed by atoms with Gasteiger partial charge in [-0.25, -0.2) is 0 Å². The van der Waals surface area contributed by atoms with Crippen LogP contribution in [0.5, 0.6) is 0 Å². The third-order valence-electron chi connectivity index (χ3n) is 2.58. The molecule has 66 valence electrons. The fourth-order valence-corrected chi connectivity index (χ4v) is 1.72. The Morgan fingerprint density at radius 1 is 1.36 bits per heavy atom. The van der Waals surface area contributed by atoms with E-state index in [9.17, 15) is 0 Å². The molecule has 0 aromatic rings. The van der Waals surface area contributed by atoms with E-state index < -0.39 is 0 Å². The molecular weight excluding hydrogens is 136 g/mol. The van der Waals surface area contributed by atoms with E-state index in [1.165, 1.54) is 32.4 Å². The van der Waals surface area contributed by atoms with Gasteiger partial charge in [0.05, 0.1) is 0 Å². The summed E-state index contributed by atoms with van der Waals surface area (Å²) in [7, 11) is 2.02. The number of nitrogens with zero attached hydrogens (tertiary/aromatic N) is 1. The van der Waals surface area contributed by atoms with Gasteiger partial charge in [-0.2, -0.15) is 0 Å². The van der Waals surface area contributed by atoms with E-state index in [-0.39, 0.29) is 0 Å². The van der Waals surface area contributed by atoms with Crippen molar-refractivity contribution in [2.45, 2.75) is 32.2 Å². The van der Waals surface area contributed by atoms with Crippen molar-refractivity contribution in [2.24, 2.45) is 0 Å². The first-order chi connectivity index (χ1) is 5.34. The summed E-state index contributed by atoms with van der Waals surface area (Å²) >= 11 is 0. The molecule has 0 amide bonds. The van der Waals surface area contributed by atoms with E-state index in [0.717, 1.165) is 12.6 Å². The molecule has 1 unspecified atom stereocenters. The molecule has 1 atom stereocenters. The predicted octanol–water partition coefficient (Wildman–Crippen LogP) is 1.08. The Bertz CT molecular complexity index is 97.7. The van der Waals surface area contributed by atoms with Crippen molar-refractivity contribution in [1.82, 2.24) is 10.2 Å². The van der Waals surface area contributed by atoms with Gasteiger partial charge in [-0.15, -0.1) is 0 Å². The van der Waals surface area contributed by atoms with Crippen LogP contribution in [0.15, 0.2) is 0 Å². The highest BCUT2D eigenvalue weighted by molar-refractivity contribution is 4.72. The first-order valence-corrected chi connectivity index (χ1v) is 4.73. The third kappa shape index (κ3) is 2.80. The quantitative estimate of drug-likeness (QED) is 0.655. The van der Waals surface area contributed by atoms with Gasteiger partial charge in [0.1, 0.15) is 0 Å². The Morgan fingerprint density at radius 2 is 2.00 bits per heavy atom. The van der Waals surface area contributed by atoms with E-state index in [0.29, 0.717) is 0 Å². The summed E-state index contributed by atoms with van der Waals surface area (Å²) in [5.41, 5.74) is 0. The summed E-state index contributed by atoms with van der Waals surface area (Å²) in [6.45, 7) is 6.14. The Balaban J connectivity index is 2.12. The number of rotatable bonds is 4. The highest BCUT2D eigenvalue weighted by Crippen LogP contribution is 2.12. The molecule has 1 saturated heterocycles. The minimum absolute atomic E-state index is 0.782. The monoisotopic (exact) mass is 156 g/mol. The lowest BCUT2D eigenvalue weighted by atomic mass is 10.2. The lowest BCUT2D eigenvalue weighted by Crippen LogP contribution is -2.32. The zero-order valence-corrected chi connectivity index (χ0v) is 7.77. The SMILES string of the molecule is CNCCC(C)N1CCCC1. The van der Waals surface area contributed by atoms with E-state index in [1.54, 1.807) is 0 Å². The molecular formula is C9H20N2. The van der Waals surface area contributed by atoms with Gasteiger partial charge in [0.15, 0.2) is 0 Å². The zero-order valence-electron chi connectivity index (χ0n) is 7.77. The molecule has 0 saturated carbocycles. The number of likely N-dealkylation sites (tertiary alicyclic amines) is 1. The fourth-order valence-electron chi connectivity index (χ4n) is 1.72. The van der Waals surface area contributed by atoms with Gasteiger partial charge < -0.3 is 10.2 Å². The Labute approximate surface area is 70.0 Å². The topological polar surface area (TPSA) is 15.3 Å². The van der Waals surface area contributed by atoms with Crippen LogP contribution in [-0.2, 0) is 0 Å². The molecule has 0 bridgehead atoms. The highest BCUT2D eigenvalue weighted by Gasteiger charge is 2.16. The second-order valence-corrected chi connectivity index (χ2v) is 3.48. The molecule has 1 aliphatic rings. The Morgan fingerprint density at radius 3 is 2.55 bits per heavy atom. The first-order valence-electron chi connectivity index (χ1n) is 4.73. The maximum Gasteiger partial charge on any atom is 0.00790 e. The van der Waals surface area contributed by atoms with Crippen molar-refractivity contribution in [1.29, 1.82) is 0 Å². The van der Waals surface area contributed by atoms with Gasteiger partial charge in [0.2, 0.25) is 0 Å². The fraction of sp³-hybridized carbons (Fsp3) is 1.00. The van der Waals surface area contributed by atoms with E-state index in [1.807, 2.05) is 7.05 Å². The number of nitrogens with one attached hydrogen (secondary N) is 1. The summed E-state index contributed by atoms with van der Waals surface area (Å²) in [5.74, 6) is 0. The molecule has 1 aliphatic heterocycles. The van der Waals surface area contributed by atoms with Crippen LogP contribution in [-0.4, -0.2) is 37.6 Å². The van der Waals surface area contributed by atoms with E-state index in [2.05, 4.69) is 17.1 Å². The van der Waals surface area contributed by atoms with Crippen LogP contribution in [0.1, 0.15) is 26.2 Å². The molecule has 1 N–H and O–H groups in total. The molecule has 2 nitrogen and oxygen atoms in total. The van der Waals surface area contributed by atoms with Crippen LogP contribution in [0.4, 0.5) is 0 Å². The van der Waals surface area contributed by atoms with Gasteiger partial charge in [-0.05, 0) is 52.9 Å². The minimum atomic E-state index is 0.782. The number of hydrogen-bond acceptors (Lipinski definition) is 2. The minimum Gasteiger partial charge on any atom is -0.320 e. The van der Waals surface area contributed by atoms with Crippen LogP contribution < -0.4 is 5.32 Å². The average Bonchev–Trinajstić information content (AvgIpc) is 2.52. The van der Waals surface area contributed by atoms with Gasteiger partial charge in [0.25, 0.3) is 0 Å². The largest absolute Gasteiger partial charge is 0.320 e. The molecule has 0 spiro atoms. The molecule has 1 heterocycles. The van der Waals surface area contributed by atoms with Crippen LogP contribution in [0.25, 0.3) is 0 Å². The van der Waals surface area contributed by atoms with Crippen molar-refractivity contribution < 1.29 is 0 Å². The molecule has 0 aromatic carbocycles. The van der Waals surface area contributed by atoms with Crippen molar-refractivity contribution in [3.05, 3.63) is 0 Å². The van der Waals surface area contributed by atoms with Crippen molar-refractivity contribution in [2.75, 3.05) is 26.7 Å². The van der Waals surface area contributed by atoms with Gasteiger partial charge in [0, 0.05) is 6.04 Å². The van der Waals surface area contributed by atoms with Crippen LogP contribution in [0.3, 0.4) is 0 Å². The molecule has 11 heavy (non-hydrogen) atoms. The summed E-state index contributed by atoms with van der Waals surface area (Å²) < 4.78 is 0. The van der Waals surface area contributed by atoms with Gasteiger partial charge >= 0.3 is 0 Å². The highest BCUT2D eigenvalue weighted by atomic mass is 15.2. The van der Waals surface area contributed by atoms with E-state index >= 15 is 0 Å². The van der Waals surface area contributed by atoms with Crippen LogP contribution in [0.2, 0.25) is 0 Å². The summed E-state index contributed by atoms with van der Waals surface area (Å²) in [5, 5.41) is 3.20. The van der Waals surface area contributed by atoms with Gasteiger partial charge in [-0.3, -0.25) is 0 Å². The average molecular weight is 156 g/mol. The number of hydrogen-bond donors (Lipinski definition) is 1. The Hall–Kier alpha value is -0.0800. The maximum atomic E-state index is 3.20. The Kier molecular flexibility index (Phi) is 3.87. The van der Waals surface area contributed by atoms with Crippen molar-refractivity contribution >= 4 is 0 Å². The molecule has 1 fully saturated rings. The molecule has 0 aromatic heterocycles. The molecule has 0 radical (unpaired) electrons. The van der Waals surface area contributed by atoms with E-state index in [4.69, 9.17) is 0 Å². The zero-order chi connectivity index (χ0) is 8.10. The summed E-state index contributed by atoms with van der Waals surface area (Å²) in [4.78, 5) is 2.59. The second-order valence-electron chi connectivity index (χ2n) is 3.48. The van der Waals surface area contributed by atoms with Gasteiger partial charge in [-0.1, -0.05) is 0 Å². The lowest BCUT2D eigenvalue weighted by molar-refractivity contribution is 0.247. The lowest BCUT2D eigenvalue weighted by Gasteiger charge is -2.23. The van der Waals surface area contributed by atoms with Crippen molar-refractivity contribution in [3.8, 4) is 0 Å². The summed E-state index contributed by atoms with van der Waals surface area (Å²) in [6, 6.07) is 0.782. The maximum absolute atomic E-state index is 3.20. The predicted molar refractivity (Wildman–Crippen MR) is 48.8 cm³/mol. The van der Waals surface area contributed by atoms with Crippen LogP contribution >= 0.6 is 0 Å². The molecule has 1 rings (SSSR count). The first kappa shape index (κ1) is 9.01. The second kappa shape index (κ2) is 4.73.